The normalized spacial score (nSPS) is 14.5. The predicted molar refractivity (Wildman–Crippen MR) is 94.2 cm³/mol. The second kappa shape index (κ2) is 5.98. The van der Waals surface area contributed by atoms with Gasteiger partial charge in [0.1, 0.15) is 11.6 Å². The number of nitrogens with one attached hydrogen (secondary N) is 1. The number of hydrogen-bond donors (Lipinski definition) is 1. The molecule has 1 aliphatic heterocycles. The second-order valence-corrected chi connectivity index (χ2v) is 6.64. The van der Waals surface area contributed by atoms with Crippen LogP contribution in [0.25, 0.3) is 10.9 Å². The number of rotatable bonds is 1. The minimum absolute atomic E-state index is 0.361. The molecule has 0 amide bonds. The highest BCUT2D eigenvalue weighted by Gasteiger charge is 2.22. The number of aromatic nitrogens is 3. The number of nitrogens with zero attached hydrogens (tertiary/aromatic N) is 3. The lowest BCUT2D eigenvalue weighted by Gasteiger charge is -2.24. The number of fused-ring (bicyclic) bond motifs is 2. The summed E-state index contributed by atoms with van der Waals surface area (Å²) in [6.07, 6.45) is 6.45. The minimum Gasteiger partial charge on any atom is -0.324 e. The SMILES string of the molecule is O=c1nc(N2CCCCc3c(Br)cncc32)c2cc(F)ccc2[nH]1. The molecule has 7 heteroatoms. The summed E-state index contributed by atoms with van der Waals surface area (Å²) < 4.78 is 14.7. The molecule has 0 saturated carbocycles. The molecule has 0 radical (unpaired) electrons. The topological polar surface area (TPSA) is 61.9 Å². The van der Waals surface area contributed by atoms with Crippen molar-refractivity contribution in [3.8, 4) is 0 Å². The maximum absolute atomic E-state index is 13.8. The van der Waals surface area contributed by atoms with Gasteiger partial charge in [-0.15, -0.1) is 0 Å². The van der Waals surface area contributed by atoms with Gasteiger partial charge >= 0.3 is 5.69 Å². The van der Waals surface area contributed by atoms with E-state index in [0.29, 0.717) is 23.3 Å². The van der Waals surface area contributed by atoms with Crippen molar-refractivity contribution in [2.24, 2.45) is 0 Å². The number of hydrogen-bond acceptors (Lipinski definition) is 4. The highest BCUT2D eigenvalue weighted by Crippen LogP contribution is 2.36. The molecule has 3 heterocycles. The molecule has 0 bridgehead atoms. The number of benzene rings is 1. The molecule has 0 atom stereocenters. The first kappa shape index (κ1) is 15.3. The van der Waals surface area contributed by atoms with Gasteiger partial charge in [-0.3, -0.25) is 4.98 Å². The van der Waals surface area contributed by atoms with Gasteiger partial charge < -0.3 is 9.88 Å². The van der Waals surface area contributed by atoms with Crippen molar-refractivity contribution in [3.05, 3.63) is 56.9 Å². The molecule has 2 aromatic heterocycles. The Morgan fingerprint density at radius 3 is 3.00 bits per heavy atom. The third-order valence-corrected chi connectivity index (χ3v) is 4.94. The molecule has 122 valence electrons. The van der Waals surface area contributed by atoms with Crippen molar-refractivity contribution in [2.75, 3.05) is 11.4 Å². The Bertz CT molecular complexity index is 988. The van der Waals surface area contributed by atoms with Crippen molar-refractivity contribution >= 4 is 38.3 Å². The van der Waals surface area contributed by atoms with Crippen LogP contribution < -0.4 is 10.6 Å². The zero-order chi connectivity index (χ0) is 16.7. The van der Waals surface area contributed by atoms with Gasteiger partial charge in [0.05, 0.1) is 17.4 Å². The van der Waals surface area contributed by atoms with E-state index in [4.69, 9.17) is 0 Å². The summed E-state index contributed by atoms with van der Waals surface area (Å²) in [6, 6.07) is 4.30. The first-order valence-corrected chi connectivity index (χ1v) is 8.52. The fourth-order valence-corrected chi connectivity index (χ4v) is 3.68. The monoisotopic (exact) mass is 388 g/mol. The average molecular weight is 389 g/mol. The van der Waals surface area contributed by atoms with Gasteiger partial charge in [-0.25, -0.2) is 9.18 Å². The van der Waals surface area contributed by atoms with E-state index in [9.17, 15) is 9.18 Å². The van der Waals surface area contributed by atoms with Gasteiger partial charge in [0.2, 0.25) is 0 Å². The van der Waals surface area contributed by atoms with Crippen LogP contribution in [0.1, 0.15) is 18.4 Å². The van der Waals surface area contributed by atoms with Crippen LogP contribution in [0.3, 0.4) is 0 Å². The van der Waals surface area contributed by atoms with E-state index in [1.807, 2.05) is 4.90 Å². The molecular formula is C17H14BrFN4O. The largest absolute Gasteiger partial charge is 0.347 e. The molecular weight excluding hydrogens is 375 g/mol. The van der Waals surface area contributed by atoms with Crippen LogP contribution in [0, 0.1) is 5.82 Å². The van der Waals surface area contributed by atoms with Crippen molar-refractivity contribution in [3.63, 3.8) is 0 Å². The number of halogens is 2. The van der Waals surface area contributed by atoms with Crippen LogP contribution in [-0.4, -0.2) is 21.5 Å². The Labute approximate surface area is 145 Å². The molecule has 0 fully saturated rings. The summed E-state index contributed by atoms with van der Waals surface area (Å²) in [5.41, 5.74) is 2.16. The predicted octanol–water partition coefficient (Wildman–Crippen LogP) is 3.69. The maximum atomic E-state index is 13.8. The fourth-order valence-electron chi connectivity index (χ4n) is 3.16. The van der Waals surface area contributed by atoms with Crippen LogP contribution in [0.15, 0.2) is 39.9 Å². The second-order valence-electron chi connectivity index (χ2n) is 5.78. The van der Waals surface area contributed by atoms with E-state index in [1.165, 1.54) is 12.1 Å². The maximum Gasteiger partial charge on any atom is 0.347 e. The van der Waals surface area contributed by atoms with Crippen molar-refractivity contribution in [1.29, 1.82) is 0 Å². The lowest BCUT2D eigenvalue weighted by molar-refractivity contribution is 0.629. The number of aromatic amines is 1. The van der Waals surface area contributed by atoms with E-state index in [2.05, 4.69) is 30.9 Å². The van der Waals surface area contributed by atoms with Gasteiger partial charge in [0.25, 0.3) is 0 Å². The molecule has 0 unspecified atom stereocenters. The number of pyridine rings is 1. The lowest BCUT2D eigenvalue weighted by Crippen LogP contribution is -2.24. The zero-order valence-corrected chi connectivity index (χ0v) is 14.3. The summed E-state index contributed by atoms with van der Waals surface area (Å²) in [4.78, 5) is 25.0. The van der Waals surface area contributed by atoms with Crippen molar-refractivity contribution < 1.29 is 4.39 Å². The summed E-state index contributed by atoms with van der Waals surface area (Å²) in [5.74, 6) is 0.108. The standard InChI is InChI=1S/C17H14BrFN4O/c18-13-8-20-9-15-11(13)3-1-2-6-23(15)16-12-7-10(19)4-5-14(12)21-17(24)22-16/h4-5,7-9H,1-3,6H2,(H,21,22,24). The quantitative estimate of drug-likeness (QED) is 0.690. The van der Waals surface area contributed by atoms with Gasteiger partial charge in [0.15, 0.2) is 0 Å². The van der Waals surface area contributed by atoms with Crippen LogP contribution >= 0.6 is 15.9 Å². The zero-order valence-electron chi connectivity index (χ0n) is 12.7. The van der Waals surface area contributed by atoms with Gasteiger partial charge in [0, 0.05) is 22.6 Å². The van der Waals surface area contributed by atoms with Gasteiger partial charge in [-0.2, -0.15) is 4.98 Å². The molecule has 1 aromatic carbocycles. The smallest absolute Gasteiger partial charge is 0.324 e. The highest BCUT2D eigenvalue weighted by atomic mass is 79.9. The van der Waals surface area contributed by atoms with E-state index in [0.717, 1.165) is 35.0 Å². The molecule has 0 spiro atoms. The van der Waals surface area contributed by atoms with E-state index in [-0.39, 0.29) is 5.82 Å². The molecule has 1 N–H and O–H groups in total. The molecule has 0 saturated heterocycles. The lowest BCUT2D eigenvalue weighted by atomic mass is 10.1. The van der Waals surface area contributed by atoms with Gasteiger partial charge in [-0.05, 0) is 59.0 Å². The Morgan fingerprint density at radius 2 is 2.12 bits per heavy atom. The van der Waals surface area contributed by atoms with Crippen LogP contribution in [0.2, 0.25) is 0 Å². The number of H-pyrrole nitrogens is 1. The van der Waals surface area contributed by atoms with E-state index in [1.54, 1.807) is 18.5 Å². The van der Waals surface area contributed by atoms with E-state index >= 15 is 0 Å². The Morgan fingerprint density at radius 1 is 1.25 bits per heavy atom. The highest BCUT2D eigenvalue weighted by molar-refractivity contribution is 9.10. The minimum atomic E-state index is -0.446. The summed E-state index contributed by atoms with van der Waals surface area (Å²) >= 11 is 3.56. The van der Waals surface area contributed by atoms with Crippen LogP contribution in [0.4, 0.5) is 15.9 Å². The summed E-state index contributed by atoms with van der Waals surface area (Å²) in [6.45, 7) is 0.702. The van der Waals surface area contributed by atoms with Crippen LogP contribution in [0.5, 0.6) is 0 Å². The molecule has 3 aromatic rings. The molecule has 4 rings (SSSR count). The van der Waals surface area contributed by atoms with Gasteiger partial charge in [-0.1, -0.05) is 0 Å². The fraction of sp³-hybridized carbons (Fsp3) is 0.235. The molecule has 5 nitrogen and oxygen atoms in total. The summed E-state index contributed by atoms with van der Waals surface area (Å²) in [5, 5.41) is 0.586. The first-order chi connectivity index (χ1) is 11.6. The summed E-state index contributed by atoms with van der Waals surface area (Å²) in [7, 11) is 0. The average Bonchev–Trinajstić information content (AvgIpc) is 2.78. The Kier molecular flexibility index (Phi) is 3.80. The van der Waals surface area contributed by atoms with Crippen molar-refractivity contribution in [1.82, 2.24) is 15.0 Å². The third kappa shape index (κ3) is 2.58. The Balaban J connectivity index is 2.00. The molecule has 1 aliphatic rings. The van der Waals surface area contributed by atoms with Crippen LogP contribution in [-0.2, 0) is 6.42 Å². The third-order valence-electron chi connectivity index (χ3n) is 4.26. The Hall–Kier alpha value is -2.28. The molecule has 0 aliphatic carbocycles. The number of anilines is 2. The van der Waals surface area contributed by atoms with E-state index < -0.39 is 5.69 Å². The molecule has 24 heavy (non-hydrogen) atoms. The first-order valence-electron chi connectivity index (χ1n) is 7.73. The van der Waals surface area contributed by atoms with Crippen molar-refractivity contribution in [2.45, 2.75) is 19.3 Å².